The van der Waals surface area contributed by atoms with Crippen molar-refractivity contribution in [2.24, 2.45) is 0 Å². The molecule has 0 spiro atoms. The zero-order valence-corrected chi connectivity index (χ0v) is 12.0. The van der Waals surface area contributed by atoms with Crippen LogP contribution < -0.4 is 4.90 Å². The third-order valence-corrected chi connectivity index (χ3v) is 3.68. The minimum absolute atomic E-state index is 0.0446. The van der Waals surface area contributed by atoms with Gasteiger partial charge in [0.25, 0.3) is 0 Å². The van der Waals surface area contributed by atoms with Crippen LogP contribution in [-0.4, -0.2) is 19.7 Å². The standard InChI is InChI=1S/C17H19NO2/c1-4-6-12-17(11-5-2)14-9-7-8-10-15(14)18(13-20-3)16(17)19/h5,7-10H,2,11-13H2,1,3H3/t17-/m1/s1. The first-order chi connectivity index (χ1) is 9.71. The van der Waals surface area contributed by atoms with Crippen LogP contribution in [0, 0.1) is 11.8 Å². The average molecular weight is 269 g/mol. The lowest BCUT2D eigenvalue weighted by atomic mass is 9.76. The molecule has 20 heavy (non-hydrogen) atoms. The van der Waals surface area contributed by atoms with Crippen molar-refractivity contribution < 1.29 is 9.53 Å². The number of rotatable bonds is 5. The molecule has 1 heterocycles. The number of hydrogen-bond donors (Lipinski definition) is 0. The minimum Gasteiger partial charge on any atom is -0.364 e. The Labute approximate surface area is 120 Å². The van der Waals surface area contributed by atoms with Crippen molar-refractivity contribution in [2.75, 3.05) is 18.7 Å². The summed E-state index contributed by atoms with van der Waals surface area (Å²) in [6.07, 6.45) is 2.88. The lowest BCUT2D eigenvalue weighted by Gasteiger charge is -2.25. The average Bonchev–Trinajstić information content (AvgIpc) is 2.69. The van der Waals surface area contributed by atoms with E-state index in [1.54, 1.807) is 25.0 Å². The summed E-state index contributed by atoms with van der Waals surface area (Å²) in [5.41, 5.74) is 1.31. The Morgan fingerprint density at radius 3 is 2.85 bits per heavy atom. The number of methoxy groups -OCH3 is 1. The minimum atomic E-state index is -0.625. The van der Waals surface area contributed by atoms with Gasteiger partial charge in [0.15, 0.2) is 0 Å². The van der Waals surface area contributed by atoms with Gasteiger partial charge in [0.1, 0.15) is 6.73 Å². The summed E-state index contributed by atoms with van der Waals surface area (Å²) >= 11 is 0. The Kier molecular flexibility index (Phi) is 4.26. The van der Waals surface area contributed by atoms with Crippen molar-refractivity contribution >= 4 is 11.6 Å². The van der Waals surface area contributed by atoms with Gasteiger partial charge in [-0.1, -0.05) is 24.3 Å². The van der Waals surface area contributed by atoms with E-state index in [1.165, 1.54) is 0 Å². The molecule has 1 aromatic carbocycles. The Hall–Kier alpha value is -2.05. The predicted octanol–water partition coefficient (Wildman–Crippen LogP) is 2.86. The van der Waals surface area contributed by atoms with Gasteiger partial charge in [0.2, 0.25) is 5.91 Å². The van der Waals surface area contributed by atoms with Crippen molar-refractivity contribution in [1.29, 1.82) is 0 Å². The van der Waals surface area contributed by atoms with E-state index in [2.05, 4.69) is 18.4 Å². The topological polar surface area (TPSA) is 29.5 Å². The first kappa shape index (κ1) is 14.4. The van der Waals surface area contributed by atoms with Crippen LogP contribution in [0.4, 0.5) is 5.69 Å². The maximum absolute atomic E-state index is 12.9. The molecule has 3 nitrogen and oxygen atoms in total. The van der Waals surface area contributed by atoms with Crippen LogP contribution in [0.15, 0.2) is 36.9 Å². The van der Waals surface area contributed by atoms with Gasteiger partial charge in [-0.3, -0.25) is 9.69 Å². The van der Waals surface area contributed by atoms with Gasteiger partial charge in [-0.25, -0.2) is 0 Å². The summed E-state index contributed by atoms with van der Waals surface area (Å²) in [6.45, 7) is 5.86. The molecule has 0 unspecified atom stereocenters. The maximum Gasteiger partial charge on any atom is 0.240 e. The molecule has 0 bridgehead atoms. The highest BCUT2D eigenvalue weighted by Crippen LogP contribution is 2.46. The Balaban J connectivity index is 2.57. The SMILES string of the molecule is C=CC[C@]1(CC#CC)C(=O)N(COC)c2ccccc21. The van der Waals surface area contributed by atoms with Crippen LogP contribution in [0.25, 0.3) is 0 Å². The fourth-order valence-electron chi connectivity index (χ4n) is 2.78. The largest absolute Gasteiger partial charge is 0.364 e. The number of anilines is 1. The van der Waals surface area contributed by atoms with Gasteiger partial charge in [0, 0.05) is 13.5 Å². The number of carbonyl (C=O) groups is 1. The number of carbonyl (C=O) groups excluding carboxylic acids is 1. The third-order valence-electron chi connectivity index (χ3n) is 3.68. The highest BCUT2D eigenvalue weighted by atomic mass is 16.5. The fourth-order valence-corrected chi connectivity index (χ4v) is 2.78. The molecule has 0 radical (unpaired) electrons. The second-order valence-corrected chi connectivity index (χ2v) is 4.85. The molecule has 0 N–H and O–H groups in total. The summed E-state index contributed by atoms with van der Waals surface area (Å²) in [6, 6.07) is 7.85. The van der Waals surface area contributed by atoms with E-state index < -0.39 is 5.41 Å². The van der Waals surface area contributed by atoms with Gasteiger partial charge in [-0.05, 0) is 25.0 Å². The summed E-state index contributed by atoms with van der Waals surface area (Å²) < 4.78 is 5.17. The molecule has 2 rings (SSSR count). The van der Waals surface area contributed by atoms with Crippen LogP contribution in [0.1, 0.15) is 25.3 Å². The van der Waals surface area contributed by atoms with Crippen LogP contribution in [0.3, 0.4) is 0 Å². The highest BCUT2D eigenvalue weighted by Gasteiger charge is 2.49. The summed E-state index contributed by atoms with van der Waals surface area (Å²) in [4.78, 5) is 14.6. The van der Waals surface area contributed by atoms with Crippen LogP contribution in [-0.2, 0) is 14.9 Å². The number of nitrogens with zero attached hydrogens (tertiary/aromatic N) is 1. The van der Waals surface area contributed by atoms with E-state index in [4.69, 9.17) is 4.74 Å². The normalized spacial score (nSPS) is 20.3. The fraction of sp³-hybridized carbons (Fsp3) is 0.353. The zero-order chi connectivity index (χ0) is 14.6. The number of benzene rings is 1. The van der Waals surface area contributed by atoms with E-state index in [1.807, 2.05) is 24.3 Å². The lowest BCUT2D eigenvalue weighted by molar-refractivity contribution is -0.123. The molecule has 0 saturated carbocycles. The quantitative estimate of drug-likeness (QED) is 0.607. The second kappa shape index (κ2) is 5.94. The molecule has 1 amide bonds. The number of ether oxygens (including phenoxy) is 1. The first-order valence-corrected chi connectivity index (χ1v) is 6.62. The molecule has 0 saturated heterocycles. The van der Waals surface area contributed by atoms with Gasteiger partial charge in [0.05, 0.1) is 11.1 Å². The molecule has 1 aliphatic heterocycles. The summed E-state index contributed by atoms with van der Waals surface area (Å²) in [5.74, 6) is 6.00. The highest BCUT2D eigenvalue weighted by molar-refractivity contribution is 6.08. The van der Waals surface area contributed by atoms with Gasteiger partial charge in [-0.15, -0.1) is 18.4 Å². The van der Waals surface area contributed by atoms with Gasteiger partial charge >= 0.3 is 0 Å². The number of para-hydroxylation sites is 1. The Morgan fingerprint density at radius 1 is 1.45 bits per heavy atom. The molecule has 1 aromatic rings. The van der Waals surface area contributed by atoms with Crippen LogP contribution in [0.2, 0.25) is 0 Å². The number of hydrogen-bond acceptors (Lipinski definition) is 2. The van der Waals surface area contributed by atoms with E-state index in [-0.39, 0.29) is 12.6 Å². The van der Waals surface area contributed by atoms with Crippen molar-refractivity contribution in [3.8, 4) is 11.8 Å². The molecule has 0 aliphatic carbocycles. The Morgan fingerprint density at radius 2 is 2.20 bits per heavy atom. The molecule has 1 aliphatic rings. The molecule has 0 aromatic heterocycles. The van der Waals surface area contributed by atoms with Crippen molar-refractivity contribution in [3.63, 3.8) is 0 Å². The Bertz CT molecular complexity index is 582. The monoisotopic (exact) mass is 269 g/mol. The summed E-state index contributed by atoms with van der Waals surface area (Å²) in [7, 11) is 1.59. The molecule has 3 heteroatoms. The maximum atomic E-state index is 12.9. The molecular formula is C17H19NO2. The van der Waals surface area contributed by atoms with E-state index in [9.17, 15) is 4.79 Å². The second-order valence-electron chi connectivity index (χ2n) is 4.85. The first-order valence-electron chi connectivity index (χ1n) is 6.62. The number of allylic oxidation sites excluding steroid dienone is 1. The third kappa shape index (κ3) is 2.13. The van der Waals surface area contributed by atoms with E-state index in [0.717, 1.165) is 11.3 Å². The van der Waals surface area contributed by atoms with Gasteiger partial charge in [-0.2, -0.15) is 0 Å². The van der Waals surface area contributed by atoms with E-state index in [0.29, 0.717) is 12.8 Å². The van der Waals surface area contributed by atoms with Crippen molar-refractivity contribution in [2.45, 2.75) is 25.2 Å². The van der Waals surface area contributed by atoms with Crippen LogP contribution >= 0.6 is 0 Å². The molecule has 0 fully saturated rings. The smallest absolute Gasteiger partial charge is 0.240 e. The predicted molar refractivity (Wildman–Crippen MR) is 80.4 cm³/mol. The molecule has 104 valence electrons. The number of fused-ring (bicyclic) bond motifs is 1. The van der Waals surface area contributed by atoms with Crippen LogP contribution in [0.5, 0.6) is 0 Å². The molecular weight excluding hydrogens is 250 g/mol. The van der Waals surface area contributed by atoms with Crippen molar-refractivity contribution in [3.05, 3.63) is 42.5 Å². The van der Waals surface area contributed by atoms with Gasteiger partial charge < -0.3 is 4.74 Å². The van der Waals surface area contributed by atoms with E-state index >= 15 is 0 Å². The summed E-state index contributed by atoms with van der Waals surface area (Å²) in [5, 5.41) is 0. The number of amides is 1. The van der Waals surface area contributed by atoms with Crippen molar-refractivity contribution in [1.82, 2.24) is 0 Å². The molecule has 1 atom stereocenters. The lowest BCUT2D eigenvalue weighted by Crippen LogP contribution is -2.40. The zero-order valence-electron chi connectivity index (χ0n) is 12.0.